The number of benzene rings is 1. The Bertz CT molecular complexity index is 208. The Morgan fingerprint density at radius 1 is 1.45 bits per heavy atom. The van der Waals surface area contributed by atoms with Crippen molar-refractivity contribution in [2.45, 2.75) is 25.8 Å². The van der Waals surface area contributed by atoms with Gasteiger partial charge in [-0.1, -0.05) is 24.3 Å². The molecule has 1 nitrogen and oxygen atoms in total. The van der Waals surface area contributed by atoms with E-state index in [4.69, 9.17) is 5.73 Å². The van der Waals surface area contributed by atoms with Gasteiger partial charge in [-0.3, -0.25) is 0 Å². The Hall–Kier alpha value is -0.820. The maximum Gasteiger partial charge on any atom is 0.0138 e. The lowest BCUT2D eigenvalue weighted by Gasteiger charge is -2.17. The largest absolute Gasteiger partial charge is 0.325 e. The van der Waals surface area contributed by atoms with Crippen molar-refractivity contribution >= 4 is 0 Å². The first-order valence-corrected chi connectivity index (χ1v) is 3.82. The molecular weight excluding hydrogens is 134 g/mol. The molecule has 0 saturated heterocycles. The van der Waals surface area contributed by atoms with Crippen molar-refractivity contribution in [2.24, 2.45) is 5.73 Å². The zero-order chi connectivity index (χ0) is 8.32. The highest BCUT2D eigenvalue weighted by Crippen LogP contribution is 2.07. The first-order chi connectivity index (χ1) is 5.08. The predicted octanol–water partition coefficient (Wildman–Crippen LogP) is 1.77. The highest BCUT2D eigenvalue weighted by Gasteiger charge is 2.10. The smallest absolute Gasteiger partial charge is 0.0138 e. The minimum absolute atomic E-state index is 0.127. The summed E-state index contributed by atoms with van der Waals surface area (Å²) in [7, 11) is 0. The van der Waals surface area contributed by atoms with E-state index >= 15 is 0 Å². The van der Waals surface area contributed by atoms with E-state index in [2.05, 4.69) is 12.1 Å². The molecule has 1 aromatic carbocycles. The number of nitrogens with two attached hydrogens (primary N) is 1. The van der Waals surface area contributed by atoms with Crippen LogP contribution in [0.25, 0.3) is 0 Å². The molecule has 0 fully saturated rings. The molecule has 1 heteroatoms. The lowest BCUT2D eigenvalue weighted by atomic mass is 9.96. The maximum atomic E-state index is 5.85. The second-order valence-corrected chi connectivity index (χ2v) is 3.55. The van der Waals surface area contributed by atoms with Crippen molar-refractivity contribution < 1.29 is 0 Å². The molecule has 0 amide bonds. The van der Waals surface area contributed by atoms with Crippen molar-refractivity contribution in [2.75, 3.05) is 0 Å². The van der Waals surface area contributed by atoms with Crippen molar-refractivity contribution in [3.63, 3.8) is 0 Å². The molecule has 0 spiro atoms. The third-order valence-electron chi connectivity index (χ3n) is 1.42. The van der Waals surface area contributed by atoms with Gasteiger partial charge in [-0.05, 0) is 31.9 Å². The summed E-state index contributed by atoms with van der Waals surface area (Å²) in [6, 6.07) is 11.1. The second-order valence-electron chi connectivity index (χ2n) is 3.55. The molecule has 59 valence electrons. The second kappa shape index (κ2) is 3.05. The average Bonchev–Trinajstić information content (AvgIpc) is 1.85. The molecule has 0 heterocycles. The van der Waals surface area contributed by atoms with Gasteiger partial charge in [0, 0.05) is 5.54 Å². The first-order valence-electron chi connectivity index (χ1n) is 3.82. The average molecular weight is 148 g/mol. The monoisotopic (exact) mass is 148 g/mol. The Morgan fingerprint density at radius 3 is 2.64 bits per heavy atom. The summed E-state index contributed by atoms with van der Waals surface area (Å²) < 4.78 is 0. The zero-order valence-corrected chi connectivity index (χ0v) is 7.09. The maximum absolute atomic E-state index is 5.85. The van der Waals surface area contributed by atoms with Gasteiger partial charge in [-0.2, -0.15) is 0 Å². The molecule has 0 aromatic heterocycles. The van der Waals surface area contributed by atoms with E-state index < -0.39 is 0 Å². The van der Waals surface area contributed by atoms with E-state index in [1.165, 1.54) is 5.56 Å². The van der Waals surface area contributed by atoms with Gasteiger partial charge < -0.3 is 5.73 Å². The van der Waals surface area contributed by atoms with Crippen LogP contribution in [0, 0.1) is 6.07 Å². The Morgan fingerprint density at radius 2 is 2.18 bits per heavy atom. The van der Waals surface area contributed by atoms with Gasteiger partial charge in [0.1, 0.15) is 0 Å². The molecular formula is C10H14N. The van der Waals surface area contributed by atoms with Crippen LogP contribution in [0.2, 0.25) is 0 Å². The fourth-order valence-electron chi connectivity index (χ4n) is 1.03. The van der Waals surface area contributed by atoms with Crippen LogP contribution >= 0.6 is 0 Å². The summed E-state index contributed by atoms with van der Waals surface area (Å²) in [4.78, 5) is 0. The van der Waals surface area contributed by atoms with Crippen LogP contribution < -0.4 is 5.73 Å². The van der Waals surface area contributed by atoms with Crippen molar-refractivity contribution in [3.8, 4) is 0 Å². The molecule has 0 saturated carbocycles. The molecule has 1 rings (SSSR count). The summed E-state index contributed by atoms with van der Waals surface area (Å²) in [5.74, 6) is 0. The van der Waals surface area contributed by atoms with E-state index in [9.17, 15) is 0 Å². The molecule has 2 N–H and O–H groups in total. The van der Waals surface area contributed by atoms with E-state index in [-0.39, 0.29) is 5.54 Å². The third kappa shape index (κ3) is 3.19. The molecule has 0 aliphatic carbocycles. The summed E-state index contributed by atoms with van der Waals surface area (Å²) in [5, 5.41) is 0. The molecule has 0 atom stereocenters. The molecule has 0 aliphatic rings. The summed E-state index contributed by atoms with van der Waals surface area (Å²) in [5.41, 5.74) is 6.90. The van der Waals surface area contributed by atoms with Gasteiger partial charge in [0.15, 0.2) is 0 Å². The zero-order valence-electron chi connectivity index (χ0n) is 7.09. The third-order valence-corrected chi connectivity index (χ3v) is 1.42. The minimum Gasteiger partial charge on any atom is -0.325 e. The van der Waals surface area contributed by atoms with E-state index in [0.29, 0.717) is 0 Å². The molecule has 0 aliphatic heterocycles. The van der Waals surface area contributed by atoms with Gasteiger partial charge in [0.2, 0.25) is 0 Å². The topological polar surface area (TPSA) is 26.0 Å². The SMILES string of the molecule is CC(C)(N)Cc1[c]cccc1. The van der Waals surface area contributed by atoms with Crippen LogP contribution in [0.4, 0.5) is 0 Å². The highest BCUT2D eigenvalue weighted by atomic mass is 14.7. The predicted molar refractivity (Wildman–Crippen MR) is 47.2 cm³/mol. The number of hydrogen-bond acceptors (Lipinski definition) is 1. The van der Waals surface area contributed by atoms with Crippen molar-refractivity contribution in [1.82, 2.24) is 0 Å². The van der Waals surface area contributed by atoms with Crippen LogP contribution in [0.3, 0.4) is 0 Å². The quantitative estimate of drug-likeness (QED) is 0.679. The van der Waals surface area contributed by atoms with Crippen molar-refractivity contribution in [1.29, 1.82) is 0 Å². The Kier molecular flexibility index (Phi) is 2.30. The van der Waals surface area contributed by atoms with Crippen LogP contribution in [0.1, 0.15) is 19.4 Å². The van der Waals surface area contributed by atoms with Crippen LogP contribution in [0.5, 0.6) is 0 Å². The molecule has 1 aromatic rings. The van der Waals surface area contributed by atoms with Crippen LogP contribution in [-0.4, -0.2) is 5.54 Å². The summed E-state index contributed by atoms with van der Waals surface area (Å²) in [6.07, 6.45) is 0.883. The van der Waals surface area contributed by atoms with Gasteiger partial charge >= 0.3 is 0 Å². The summed E-state index contributed by atoms with van der Waals surface area (Å²) >= 11 is 0. The minimum atomic E-state index is -0.127. The van der Waals surface area contributed by atoms with Gasteiger partial charge in [-0.25, -0.2) is 0 Å². The number of rotatable bonds is 2. The number of hydrogen-bond donors (Lipinski definition) is 1. The molecule has 1 radical (unpaired) electrons. The fraction of sp³-hybridized carbons (Fsp3) is 0.400. The first kappa shape index (κ1) is 8.28. The lowest BCUT2D eigenvalue weighted by Crippen LogP contribution is -2.34. The van der Waals surface area contributed by atoms with Gasteiger partial charge in [0.25, 0.3) is 0 Å². The van der Waals surface area contributed by atoms with E-state index in [1.807, 2.05) is 32.0 Å². The van der Waals surface area contributed by atoms with Gasteiger partial charge in [0.05, 0.1) is 0 Å². The van der Waals surface area contributed by atoms with E-state index in [1.54, 1.807) is 0 Å². The Labute approximate surface area is 68.2 Å². The van der Waals surface area contributed by atoms with Crippen LogP contribution in [-0.2, 0) is 6.42 Å². The Balaban J connectivity index is 2.66. The highest BCUT2D eigenvalue weighted by molar-refractivity contribution is 5.15. The molecule has 0 bridgehead atoms. The summed E-state index contributed by atoms with van der Waals surface area (Å²) in [6.45, 7) is 4.04. The standard InChI is InChI=1S/C10H14N/c1-10(2,11)8-9-6-4-3-5-7-9/h3-6H,8,11H2,1-2H3. The van der Waals surface area contributed by atoms with Crippen molar-refractivity contribution in [3.05, 3.63) is 35.9 Å². The van der Waals surface area contributed by atoms with Gasteiger partial charge in [-0.15, -0.1) is 0 Å². The van der Waals surface area contributed by atoms with Crippen LogP contribution in [0.15, 0.2) is 24.3 Å². The molecule has 0 unspecified atom stereocenters. The van der Waals surface area contributed by atoms with E-state index in [0.717, 1.165) is 6.42 Å². The normalized spacial score (nSPS) is 11.5. The lowest BCUT2D eigenvalue weighted by molar-refractivity contribution is 0.516. The fourth-order valence-corrected chi connectivity index (χ4v) is 1.03. The molecule has 11 heavy (non-hydrogen) atoms.